The molecule has 1 aromatic heterocycles. The summed E-state index contributed by atoms with van der Waals surface area (Å²) >= 11 is 0. The van der Waals surface area contributed by atoms with Gasteiger partial charge in [-0.25, -0.2) is 4.39 Å². The molecule has 0 saturated heterocycles. The second-order valence-electron chi connectivity index (χ2n) is 15.5. The molecule has 1 aliphatic carbocycles. The predicted octanol–water partition coefficient (Wildman–Crippen LogP) is 14.4. The van der Waals surface area contributed by atoms with Gasteiger partial charge in [0.05, 0.1) is 22.8 Å². The smallest absolute Gasteiger partial charge is 0.196 e. The molecule has 11 rings (SSSR count). The molecule has 0 bridgehead atoms. The van der Waals surface area contributed by atoms with Crippen molar-refractivity contribution in [2.24, 2.45) is 0 Å². The molecule has 1 aliphatic heterocycles. The van der Waals surface area contributed by atoms with Gasteiger partial charge < -0.3 is 24.4 Å². The molecule has 9 aromatic rings. The van der Waals surface area contributed by atoms with Gasteiger partial charge in [-0.2, -0.15) is 0 Å². The summed E-state index contributed by atoms with van der Waals surface area (Å²) in [5.74, 6) is 0.537. The van der Waals surface area contributed by atoms with Gasteiger partial charge in [0.2, 0.25) is 0 Å². The van der Waals surface area contributed by atoms with Crippen LogP contribution in [0.4, 0.5) is 38.5 Å². The molecule has 6 heteroatoms. The number of halogens is 1. The zero-order valence-corrected chi connectivity index (χ0v) is 33.3. The molecule has 0 saturated carbocycles. The van der Waals surface area contributed by atoms with Crippen LogP contribution < -0.4 is 19.9 Å². The van der Waals surface area contributed by atoms with Crippen LogP contribution in [0.1, 0.15) is 23.8 Å². The molecule has 2 heterocycles. The van der Waals surface area contributed by atoms with Crippen LogP contribution in [0.2, 0.25) is 0 Å². The molecule has 2 atom stereocenters. The topological polar surface area (TPSA) is 32.7 Å². The third kappa shape index (κ3) is 6.78. The van der Waals surface area contributed by atoms with Crippen LogP contribution in [0.3, 0.4) is 0 Å². The van der Waals surface area contributed by atoms with Crippen LogP contribution in [-0.2, 0) is 0 Å². The highest BCUT2D eigenvalue weighted by Gasteiger charge is 2.27. The number of aromatic nitrogens is 1. The molecule has 0 spiro atoms. The first-order valence-corrected chi connectivity index (χ1v) is 20.7. The molecule has 0 amide bonds. The number of hydrogen-bond acceptors (Lipinski definition) is 4. The largest absolute Gasteiger partial charge is 0.464 e. The van der Waals surface area contributed by atoms with Crippen molar-refractivity contribution in [1.29, 1.82) is 0 Å². The van der Waals surface area contributed by atoms with Gasteiger partial charge in [-0.1, -0.05) is 109 Å². The van der Waals surface area contributed by atoms with Gasteiger partial charge in [-0.15, -0.1) is 0 Å². The summed E-state index contributed by atoms with van der Waals surface area (Å²) in [6.07, 6.45) is 7.27. The Balaban J connectivity index is 0.896. The Kier molecular flexibility index (Phi) is 9.16. The van der Waals surface area contributed by atoms with Gasteiger partial charge in [0.15, 0.2) is 6.23 Å². The molecule has 294 valence electrons. The molecular formula is C55H41FN4O. The second-order valence-corrected chi connectivity index (χ2v) is 15.5. The second kappa shape index (κ2) is 15.4. The highest BCUT2D eigenvalue weighted by Crippen LogP contribution is 2.44. The van der Waals surface area contributed by atoms with Crippen molar-refractivity contribution in [3.05, 3.63) is 235 Å². The maximum atomic E-state index is 14.3. The minimum absolute atomic E-state index is 0.0154. The van der Waals surface area contributed by atoms with E-state index in [2.05, 4.69) is 202 Å². The van der Waals surface area contributed by atoms with Crippen molar-refractivity contribution < 1.29 is 9.13 Å². The molecular weight excluding hydrogens is 752 g/mol. The van der Waals surface area contributed by atoms with Crippen LogP contribution in [0.5, 0.6) is 5.75 Å². The van der Waals surface area contributed by atoms with E-state index in [0.29, 0.717) is 0 Å². The zero-order valence-electron chi connectivity index (χ0n) is 33.3. The van der Waals surface area contributed by atoms with Crippen LogP contribution >= 0.6 is 0 Å². The van der Waals surface area contributed by atoms with Crippen molar-refractivity contribution in [2.45, 2.75) is 18.7 Å². The minimum Gasteiger partial charge on any atom is -0.464 e. The standard InChI is InChI=1S/C55H41FN4O/c56-41-26-30-46(31-27-41)59(47-20-12-13-39(35-47)40-25-34-53-50(36-40)49-21-10-11-22-52(49)60(53)44-18-8-3-9-19-44)45-28-23-38(24-29-45)55-57-51-33-32-48(37-54(51)61-55)58(42-14-4-1-5-15-42)43-16-6-2-7-17-43/h1-19,21-37,47,55,57H,20H2. The SMILES string of the molecule is Fc1ccc(N(c2ccc(C3Nc4ccc(N(c5ccccc5)c5ccccc5)cc4O3)cc2)C2C=C(c3ccc4c(c3)c3ccccc3n4-c3ccccc3)C=CC2)cc1. The van der Waals surface area contributed by atoms with Gasteiger partial charge in [0, 0.05) is 56.5 Å². The number of allylic oxidation sites excluding steroid dienone is 2. The lowest BCUT2D eigenvalue weighted by Crippen LogP contribution is -2.30. The van der Waals surface area contributed by atoms with E-state index in [1.165, 1.54) is 33.9 Å². The summed E-state index contributed by atoms with van der Waals surface area (Å²) in [5, 5.41) is 6.02. The maximum Gasteiger partial charge on any atom is 0.196 e. The molecule has 8 aromatic carbocycles. The predicted molar refractivity (Wildman–Crippen MR) is 249 cm³/mol. The van der Waals surface area contributed by atoms with E-state index in [1.807, 2.05) is 24.3 Å². The monoisotopic (exact) mass is 792 g/mol. The Hall–Kier alpha value is -7.83. The Morgan fingerprint density at radius 2 is 1.18 bits per heavy atom. The average Bonchev–Trinajstić information content (AvgIpc) is 3.90. The number of hydrogen-bond donors (Lipinski definition) is 1. The number of benzene rings is 8. The van der Waals surface area contributed by atoms with E-state index < -0.39 is 0 Å². The third-order valence-corrected chi connectivity index (χ3v) is 11.8. The van der Waals surface area contributed by atoms with E-state index in [9.17, 15) is 4.39 Å². The normalized spacial score (nSPS) is 15.5. The number of nitrogens with zero attached hydrogens (tertiary/aromatic N) is 3. The van der Waals surface area contributed by atoms with Crippen LogP contribution in [0, 0.1) is 5.82 Å². The van der Waals surface area contributed by atoms with Gasteiger partial charge in [-0.05, 0) is 121 Å². The lowest BCUT2D eigenvalue weighted by atomic mass is 9.94. The average molecular weight is 793 g/mol. The van der Waals surface area contributed by atoms with Gasteiger partial charge in [-0.3, -0.25) is 0 Å². The first kappa shape index (κ1) is 36.3. The number of rotatable bonds is 9. The van der Waals surface area contributed by atoms with Crippen LogP contribution in [-0.4, -0.2) is 10.6 Å². The van der Waals surface area contributed by atoms with E-state index >= 15 is 0 Å². The van der Waals surface area contributed by atoms with E-state index in [-0.39, 0.29) is 18.1 Å². The number of nitrogens with one attached hydrogen (secondary N) is 1. The van der Waals surface area contributed by atoms with Crippen molar-refractivity contribution >= 4 is 61.5 Å². The summed E-state index contributed by atoms with van der Waals surface area (Å²) in [7, 11) is 0. The summed E-state index contributed by atoms with van der Waals surface area (Å²) in [6.45, 7) is 0. The lowest BCUT2D eigenvalue weighted by molar-refractivity contribution is 0.260. The van der Waals surface area contributed by atoms with Gasteiger partial charge >= 0.3 is 0 Å². The first-order valence-electron chi connectivity index (χ1n) is 20.7. The van der Waals surface area contributed by atoms with E-state index in [1.54, 1.807) is 0 Å². The Bertz CT molecular complexity index is 3030. The Morgan fingerprint density at radius 1 is 0.557 bits per heavy atom. The van der Waals surface area contributed by atoms with Gasteiger partial charge in [0.1, 0.15) is 11.6 Å². The summed E-state index contributed by atoms with van der Waals surface area (Å²) in [5.41, 5.74) is 12.8. The fraction of sp³-hybridized carbons (Fsp3) is 0.0545. The Labute approximate surface area is 354 Å². The molecule has 2 unspecified atom stereocenters. The number of fused-ring (bicyclic) bond motifs is 4. The highest BCUT2D eigenvalue weighted by molar-refractivity contribution is 6.10. The minimum atomic E-state index is -0.354. The molecule has 61 heavy (non-hydrogen) atoms. The zero-order chi connectivity index (χ0) is 40.7. The quantitative estimate of drug-likeness (QED) is 0.158. The fourth-order valence-electron chi connectivity index (χ4n) is 8.91. The van der Waals surface area contributed by atoms with E-state index in [4.69, 9.17) is 4.74 Å². The lowest BCUT2D eigenvalue weighted by Gasteiger charge is -2.34. The van der Waals surface area contributed by atoms with Crippen molar-refractivity contribution in [1.82, 2.24) is 4.57 Å². The molecule has 2 aliphatic rings. The van der Waals surface area contributed by atoms with Crippen LogP contribution in [0.25, 0.3) is 33.1 Å². The summed E-state index contributed by atoms with van der Waals surface area (Å²) in [4.78, 5) is 4.54. The fourth-order valence-corrected chi connectivity index (χ4v) is 8.91. The molecule has 5 nitrogen and oxygen atoms in total. The molecule has 0 fully saturated rings. The van der Waals surface area contributed by atoms with Crippen molar-refractivity contribution in [2.75, 3.05) is 15.1 Å². The van der Waals surface area contributed by atoms with Crippen LogP contribution in [0.15, 0.2) is 218 Å². The highest BCUT2D eigenvalue weighted by atomic mass is 19.1. The Morgan fingerprint density at radius 3 is 1.90 bits per heavy atom. The number of para-hydroxylation sites is 4. The maximum absolute atomic E-state index is 14.3. The first-order chi connectivity index (χ1) is 30.1. The molecule has 0 radical (unpaired) electrons. The van der Waals surface area contributed by atoms with Crippen molar-refractivity contribution in [3.8, 4) is 11.4 Å². The van der Waals surface area contributed by atoms with Gasteiger partial charge in [0.25, 0.3) is 0 Å². The summed E-state index contributed by atoms with van der Waals surface area (Å²) < 4.78 is 23.3. The number of ether oxygens (including phenoxy) is 1. The third-order valence-electron chi connectivity index (χ3n) is 11.8. The van der Waals surface area contributed by atoms with Crippen molar-refractivity contribution in [3.63, 3.8) is 0 Å². The molecule has 1 N–H and O–H groups in total. The van der Waals surface area contributed by atoms with E-state index in [0.717, 1.165) is 68.7 Å². The number of anilines is 6. The summed E-state index contributed by atoms with van der Waals surface area (Å²) in [6, 6.07) is 68.3.